The van der Waals surface area contributed by atoms with Gasteiger partial charge >= 0.3 is 0 Å². The van der Waals surface area contributed by atoms with Gasteiger partial charge in [-0.25, -0.2) is 4.39 Å². The van der Waals surface area contributed by atoms with Crippen molar-refractivity contribution < 1.29 is 9.13 Å². The monoisotopic (exact) mass is 280 g/mol. The Morgan fingerprint density at radius 1 is 1.45 bits per heavy atom. The largest absolute Gasteiger partial charge is 0.379 e. The van der Waals surface area contributed by atoms with Gasteiger partial charge in [0.15, 0.2) is 0 Å². The van der Waals surface area contributed by atoms with Crippen molar-refractivity contribution in [2.75, 3.05) is 31.7 Å². The van der Waals surface area contributed by atoms with Crippen LogP contribution in [0.5, 0.6) is 0 Å². The lowest BCUT2D eigenvalue weighted by Crippen LogP contribution is -2.27. The Morgan fingerprint density at radius 2 is 2.20 bits per heavy atom. The molecular weight excluding hydrogens is 255 g/mol. The maximum absolute atomic E-state index is 14.1. The predicted octanol–water partition coefficient (Wildman–Crippen LogP) is 2.58. The van der Waals surface area contributed by atoms with Gasteiger partial charge in [-0.3, -0.25) is 0 Å². The van der Waals surface area contributed by atoms with Crippen molar-refractivity contribution in [1.29, 1.82) is 0 Å². The number of nitrogens with zero attached hydrogens (tertiary/aromatic N) is 1. The molecule has 0 heterocycles. The third-order valence-electron chi connectivity index (χ3n) is 3.62. The fourth-order valence-corrected chi connectivity index (χ4v) is 2.35. The van der Waals surface area contributed by atoms with Gasteiger partial charge in [0, 0.05) is 26.2 Å². The van der Waals surface area contributed by atoms with Crippen molar-refractivity contribution in [1.82, 2.24) is 0 Å². The quantitative estimate of drug-likeness (QED) is 0.744. The highest BCUT2D eigenvalue weighted by Gasteiger charge is 2.21. The van der Waals surface area contributed by atoms with Gasteiger partial charge in [-0.2, -0.15) is 0 Å². The van der Waals surface area contributed by atoms with E-state index in [0.29, 0.717) is 25.3 Å². The van der Waals surface area contributed by atoms with Gasteiger partial charge in [-0.15, -0.1) is 0 Å². The van der Waals surface area contributed by atoms with Gasteiger partial charge < -0.3 is 15.4 Å². The molecule has 2 rings (SSSR count). The molecule has 3 nitrogen and oxygen atoms in total. The Morgan fingerprint density at radius 3 is 2.85 bits per heavy atom. The summed E-state index contributed by atoms with van der Waals surface area (Å²) in [5.74, 6) is 0.579. The van der Waals surface area contributed by atoms with Crippen molar-refractivity contribution in [3.8, 4) is 0 Å². The van der Waals surface area contributed by atoms with Crippen LogP contribution in [0.25, 0.3) is 0 Å². The molecule has 20 heavy (non-hydrogen) atoms. The lowest BCUT2D eigenvalue weighted by molar-refractivity contribution is 0.131. The van der Waals surface area contributed by atoms with Crippen molar-refractivity contribution in [2.24, 2.45) is 11.7 Å². The first-order valence-corrected chi connectivity index (χ1v) is 7.39. The zero-order chi connectivity index (χ0) is 14.5. The third-order valence-corrected chi connectivity index (χ3v) is 3.62. The fourth-order valence-electron chi connectivity index (χ4n) is 2.35. The van der Waals surface area contributed by atoms with Crippen molar-refractivity contribution in [3.63, 3.8) is 0 Å². The first kappa shape index (κ1) is 15.3. The molecule has 0 aliphatic heterocycles. The maximum atomic E-state index is 14.1. The minimum atomic E-state index is -0.187. The highest BCUT2D eigenvalue weighted by atomic mass is 19.1. The third kappa shape index (κ3) is 4.46. The number of anilines is 1. The van der Waals surface area contributed by atoms with Crippen molar-refractivity contribution >= 4 is 5.69 Å². The molecule has 1 atom stereocenters. The zero-order valence-corrected chi connectivity index (χ0v) is 12.4. The summed E-state index contributed by atoms with van der Waals surface area (Å²) in [5, 5.41) is 0. The standard InChI is InChI=1S/C16H25FN2O/c1-12(18)10-14-4-3-5-15(17)16(14)19(2)8-9-20-11-13-6-7-13/h3-5,12-13H,6-11,18H2,1-2H3. The average Bonchev–Trinajstić information content (AvgIpc) is 3.18. The van der Waals surface area contributed by atoms with Gasteiger partial charge in [0.05, 0.1) is 12.3 Å². The Labute approximate surface area is 120 Å². The summed E-state index contributed by atoms with van der Waals surface area (Å²) >= 11 is 0. The van der Waals surface area contributed by atoms with E-state index < -0.39 is 0 Å². The first-order chi connectivity index (χ1) is 9.58. The second kappa shape index (κ2) is 7.04. The topological polar surface area (TPSA) is 38.5 Å². The molecule has 0 aromatic heterocycles. The zero-order valence-electron chi connectivity index (χ0n) is 12.4. The van der Waals surface area contributed by atoms with Crippen LogP contribution in [-0.2, 0) is 11.2 Å². The van der Waals surface area contributed by atoms with Crippen molar-refractivity contribution in [3.05, 3.63) is 29.6 Å². The van der Waals surface area contributed by atoms with E-state index in [1.54, 1.807) is 6.07 Å². The molecule has 112 valence electrons. The van der Waals surface area contributed by atoms with Crippen LogP contribution in [0.15, 0.2) is 18.2 Å². The van der Waals surface area contributed by atoms with Gasteiger partial charge in [0.1, 0.15) is 5.82 Å². The van der Waals surface area contributed by atoms with Crippen LogP contribution in [0, 0.1) is 11.7 Å². The van der Waals surface area contributed by atoms with Gasteiger partial charge in [-0.1, -0.05) is 12.1 Å². The Hall–Kier alpha value is -1.13. The summed E-state index contributed by atoms with van der Waals surface area (Å²) in [6.45, 7) is 4.11. The second-order valence-corrected chi connectivity index (χ2v) is 5.87. The lowest BCUT2D eigenvalue weighted by atomic mass is 10.0. The summed E-state index contributed by atoms with van der Waals surface area (Å²) in [7, 11) is 1.91. The number of rotatable bonds is 8. The number of nitrogens with two attached hydrogens (primary N) is 1. The van der Waals surface area contributed by atoms with Crippen LogP contribution in [-0.4, -0.2) is 32.8 Å². The number of hydrogen-bond acceptors (Lipinski definition) is 3. The minimum Gasteiger partial charge on any atom is -0.379 e. The number of para-hydroxylation sites is 1. The smallest absolute Gasteiger partial charge is 0.146 e. The van der Waals surface area contributed by atoms with Crippen LogP contribution >= 0.6 is 0 Å². The molecule has 0 amide bonds. The molecule has 0 radical (unpaired) electrons. The summed E-state index contributed by atoms with van der Waals surface area (Å²) in [4.78, 5) is 1.93. The number of likely N-dealkylation sites (N-methyl/N-ethyl adjacent to an activating group) is 1. The Balaban J connectivity index is 1.93. The highest BCUT2D eigenvalue weighted by Crippen LogP contribution is 2.29. The van der Waals surface area contributed by atoms with Gasteiger partial charge in [-0.05, 0) is 43.7 Å². The van der Waals surface area contributed by atoms with Crippen LogP contribution in [0.3, 0.4) is 0 Å². The van der Waals surface area contributed by atoms with Crippen LogP contribution in [0.4, 0.5) is 10.1 Å². The van der Waals surface area contributed by atoms with Gasteiger partial charge in [0.2, 0.25) is 0 Å². The summed E-state index contributed by atoms with van der Waals surface area (Å²) in [6, 6.07) is 5.22. The SMILES string of the molecule is CC(N)Cc1cccc(F)c1N(C)CCOCC1CC1. The van der Waals surface area contributed by atoms with Gasteiger partial charge in [0.25, 0.3) is 0 Å². The molecule has 1 aromatic rings. The first-order valence-electron chi connectivity index (χ1n) is 7.39. The number of hydrogen-bond donors (Lipinski definition) is 1. The van der Waals surface area contributed by atoms with E-state index in [1.165, 1.54) is 18.9 Å². The second-order valence-electron chi connectivity index (χ2n) is 5.87. The molecule has 0 saturated heterocycles. The Bertz CT molecular complexity index is 432. The fraction of sp³-hybridized carbons (Fsp3) is 0.625. The van der Waals surface area contributed by atoms with E-state index in [4.69, 9.17) is 10.5 Å². The van der Waals surface area contributed by atoms with Crippen molar-refractivity contribution in [2.45, 2.75) is 32.2 Å². The number of halogens is 1. The molecule has 1 fully saturated rings. The number of ether oxygens (including phenoxy) is 1. The minimum absolute atomic E-state index is 0.0232. The highest BCUT2D eigenvalue weighted by molar-refractivity contribution is 5.54. The summed E-state index contributed by atoms with van der Waals surface area (Å²) < 4.78 is 19.7. The molecule has 1 aliphatic rings. The van der Waals surface area contributed by atoms with E-state index in [-0.39, 0.29) is 11.9 Å². The van der Waals surface area contributed by atoms with Crippen LogP contribution in [0.1, 0.15) is 25.3 Å². The Kier molecular flexibility index (Phi) is 5.38. The van der Waals surface area contributed by atoms with E-state index in [9.17, 15) is 4.39 Å². The number of benzene rings is 1. The predicted molar refractivity (Wildman–Crippen MR) is 80.6 cm³/mol. The summed E-state index contributed by atoms with van der Waals surface area (Å²) in [6.07, 6.45) is 3.27. The molecule has 4 heteroatoms. The molecule has 1 unspecified atom stereocenters. The van der Waals surface area contributed by atoms with Crippen LogP contribution < -0.4 is 10.6 Å². The molecule has 1 aliphatic carbocycles. The molecule has 2 N–H and O–H groups in total. The van der Waals surface area contributed by atoms with E-state index in [2.05, 4.69) is 0 Å². The molecular formula is C16H25FN2O. The van der Waals surface area contributed by atoms with E-state index in [0.717, 1.165) is 18.1 Å². The molecule has 0 bridgehead atoms. The maximum Gasteiger partial charge on any atom is 0.146 e. The molecule has 0 spiro atoms. The average molecular weight is 280 g/mol. The van der Waals surface area contributed by atoms with E-state index in [1.807, 2.05) is 24.9 Å². The lowest BCUT2D eigenvalue weighted by Gasteiger charge is -2.23. The van der Waals surface area contributed by atoms with E-state index >= 15 is 0 Å². The molecule has 1 aromatic carbocycles. The molecule has 1 saturated carbocycles. The van der Waals surface area contributed by atoms with Crippen LogP contribution in [0.2, 0.25) is 0 Å². The normalized spacial score (nSPS) is 16.2. The summed E-state index contributed by atoms with van der Waals surface area (Å²) in [5.41, 5.74) is 7.46.